The zero-order valence-corrected chi connectivity index (χ0v) is 11.0. The number of hydrogen-bond acceptors (Lipinski definition) is 4. The van der Waals surface area contributed by atoms with Crippen molar-refractivity contribution in [3.05, 3.63) is 53.3 Å². The average molecular weight is 262 g/mol. The van der Waals surface area contributed by atoms with Crippen LogP contribution in [0.4, 0.5) is 0 Å². The number of ketones is 1. The van der Waals surface area contributed by atoms with Gasteiger partial charge in [0.2, 0.25) is 5.12 Å². The molecule has 0 bridgehead atoms. The standard InChI is InChI=1S/C14H14O3S/c1-10(15)13(14(17)18-2)12(16)9-8-11-6-4-3-5-7-11/h3-9,16H,1-2H3/b9-8+,13-12+. The van der Waals surface area contributed by atoms with Gasteiger partial charge in [-0.2, -0.15) is 0 Å². The van der Waals surface area contributed by atoms with Crippen molar-refractivity contribution in [2.45, 2.75) is 6.92 Å². The van der Waals surface area contributed by atoms with Crippen molar-refractivity contribution in [3.8, 4) is 0 Å². The fraction of sp³-hybridized carbons (Fsp3) is 0.143. The van der Waals surface area contributed by atoms with Crippen molar-refractivity contribution in [2.24, 2.45) is 0 Å². The van der Waals surface area contributed by atoms with Gasteiger partial charge in [0.25, 0.3) is 0 Å². The Morgan fingerprint density at radius 3 is 2.33 bits per heavy atom. The minimum Gasteiger partial charge on any atom is -0.507 e. The van der Waals surface area contributed by atoms with Gasteiger partial charge in [-0.1, -0.05) is 48.2 Å². The number of Topliss-reactive ketones (excluding diaryl/α,β-unsaturated/α-hetero) is 1. The van der Waals surface area contributed by atoms with Crippen molar-refractivity contribution in [1.82, 2.24) is 0 Å². The first-order valence-electron chi connectivity index (χ1n) is 5.32. The number of aliphatic hydroxyl groups excluding tert-OH is 1. The van der Waals surface area contributed by atoms with Gasteiger partial charge in [0.1, 0.15) is 11.3 Å². The van der Waals surface area contributed by atoms with Gasteiger partial charge in [-0.3, -0.25) is 9.59 Å². The fourth-order valence-electron chi connectivity index (χ4n) is 1.35. The molecule has 0 radical (unpaired) electrons. The highest BCUT2D eigenvalue weighted by atomic mass is 32.2. The SMILES string of the molecule is CSC(=O)/C(C(C)=O)=C(O)\C=C\c1ccccc1. The van der Waals surface area contributed by atoms with Crippen LogP contribution in [0.25, 0.3) is 6.08 Å². The van der Waals surface area contributed by atoms with E-state index in [1.54, 1.807) is 12.3 Å². The summed E-state index contributed by atoms with van der Waals surface area (Å²) in [4.78, 5) is 22.8. The normalized spacial score (nSPS) is 12.3. The first kappa shape index (κ1) is 14.3. The Balaban J connectivity index is 3.03. The molecule has 94 valence electrons. The van der Waals surface area contributed by atoms with Gasteiger partial charge in [0, 0.05) is 0 Å². The molecule has 0 fully saturated rings. The molecule has 1 aromatic carbocycles. The average Bonchev–Trinajstić information content (AvgIpc) is 2.37. The minimum atomic E-state index is -0.440. The van der Waals surface area contributed by atoms with E-state index in [2.05, 4.69) is 0 Å². The van der Waals surface area contributed by atoms with Crippen LogP contribution in [0, 0.1) is 0 Å². The van der Waals surface area contributed by atoms with E-state index in [9.17, 15) is 14.7 Å². The summed E-state index contributed by atoms with van der Waals surface area (Å²) < 4.78 is 0. The molecular weight excluding hydrogens is 248 g/mol. The summed E-state index contributed by atoms with van der Waals surface area (Å²) in [6, 6.07) is 9.31. The number of hydrogen-bond donors (Lipinski definition) is 1. The molecule has 0 saturated heterocycles. The van der Waals surface area contributed by atoms with E-state index < -0.39 is 10.9 Å². The van der Waals surface area contributed by atoms with E-state index in [4.69, 9.17) is 0 Å². The molecule has 0 saturated carbocycles. The smallest absolute Gasteiger partial charge is 0.226 e. The highest BCUT2D eigenvalue weighted by Gasteiger charge is 2.17. The van der Waals surface area contributed by atoms with Gasteiger partial charge in [0.15, 0.2) is 5.78 Å². The third-order valence-corrected chi connectivity index (χ3v) is 2.81. The summed E-state index contributed by atoms with van der Waals surface area (Å²) in [7, 11) is 0. The van der Waals surface area contributed by atoms with E-state index in [1.807, 2.05) is 30.3 Å². The fourth-order valence-corrected chi connectivity index (χ4v) is 1.81. The molecule has 0 heterocycles. The monoisotopic (exact) mass is 262 g/mol. The van der Waals surface area contributed by atoms with Crippen LogP contribution >= 0.6 is 11.8 Å². The lowest BCUT2D eigenvalue weighted by Crippen LogP contribution is -2.09. The van der Waals surface area contributed by atoms with E-state index in [0.717, 1.165) is 17.3 Å². The molecule has 0 aromatic heterocycles. The van der Waals surface area contributed by atoms with Crippen molar-refractivity contribution in [2.75, 3.05) is 6.26 Å². The van der Waals surface area contributed by atoms with E-state index in [0.29, 0.717) is 0 Å². The zero-order valence-electron chi connectivity index (χ0n) is 10.2. The quantitative estimate of drug-likeness (QED) is 0.298. The van der Waals surface area contributed by atoms with Crippen LogP contribution in [0.15, 0.2) is 47.7 Å². The first-order chi connectivity index (χ1) is 8.56. The molecule has 1 aromatic rings. The Hall–Kier alpha value is -1.81. The summed E-state index contributed by atoms with van der Waals surface area (Å²) in [5, 5.41) is 9.35. The van der Waals surface area contributed by atoms with Gasteiger partial charge in [-0.15, -0.1) is 0 Å². The highest BCUT2D eigenvalue weighted by Crippen LogP contribution is 2.14. The number of thioether (sulfide) groups is 1. The number of carbonyl (C=O) groups excluding carboxylic acids is 2. The Morgan fingerprint density at radius 1 is 1.22 bits per heavy atom. The molecule has 0 aliphatic carbocycles. The molecule has 3 nitrogen and oxygen atoms in total. The summed E-state index contributed by atoms with van der Waals surface area (Å²) in [5.74, 6) is -0.740. The number of benzene rings is 1. The summed E-state index contributed by atoms with van der Waals surface area (Å²) in [5.41, 5.74) is 0.707. The molecule has 4 heteroatoms. The van der Waals surface area contributed by atoms with Crippen LogP contribution in [0.2, 0.25) is 0 Å². The van der Waals surface area contributed by atoms with Gasteiger partial charge in [-0.05, 0) is 24.8 Å². The Labute approximate surface area is 110 Å². The van der Waals surface area contributed by atoms with Gasteiger partial charge in [-0.25, -0.2) is 0 Å². The zero-order chi connectivity index (χ0) is 13.5. The molecule has 0 aliphatic heterocycles. The van der Waals surface area contributed by atoms with Crippen LogP contribution in [0.3, 0.4) is 0 Å². The van der Waals surface area contributed by atoms with Crippen LogP contribution in [-0.4, -0.2) is 22.3 Å². The van der Waals surface area contributed by atoms with Crippen molar-refractivity contribution < 1.29 is 14.7 Å². The predicted octanol–water partition coefficient (Wildman–Crippen LogP) is 2.99. The van der Waals surface area contributed by atoms with Crippen molar-refractivity contribution >= 4 is 28.7 Å². The summed E-state index contributed by atoms with van der Waals surface area (Å²) >= 11 is 0.900. The second-order valence-electron chi connectivity index (χ2n) is 3.55. The molecular formula is C14H14O3S. The van der Waals surface area contributed by atoms with E-state index in [-0.39, 0.29) is 11.3 Å². The molecule has 0 atom stereocenters. The molecule has 0 aliphatic rings. The number of carbonyl (C=O) groups is 2. The Bertz CT molecular complexity index is 501. The maximum absolute atomic E-state index is 11.5. The van der Waals surface area contributed by atoms with Crippen LogP contribution in [-0.2, 0) is 9.59 Å². The first-order valence-corrected chi connectivity index (χ1v) is 6.54. The maximum atomic E-state index is 11.5. The lowest BCUT2D eigenvalue weighted by Gasteiger charge is -2.01. The highest BCUT2D eigenvalue weighted by molar-refractivity contribution is 8.13. The number of rotatable bonds is 4. The van der Waals surface area contributed by atoms with Crippen LogP contribution in [0.1, 0.15) is 12.5 Å². The summed E-state index contributed by atoms with van der Waals surface area (Å²) in [6.45, 7) is 1.26. The molecule has 0 unspecified atom stereocenters. The van der Waals surface area contributed by atoms with Crippen LogP contribution < -0.4 is 0 Å². The third-order valence-electron chi connectivity index (χ3n) is 2.23. The second-order valence-corrected chi connectivity index (χ2v) is 4.33. The molecule has 1 N–H and O–H groups in total. The summed E-state index contributed by atoms with van der Waals surface area (Å²) in [6.07, 6.45) is 4.57. The van der Waals surface area contributed by atoms with Crippen molar-refractivity contribution in [1.29, 1.82) is 0 Å². The largest absolute Gasteiger partial charge is 0.507 e. The van der Waals surface area contributed by atoms with Gasteiger partial charge >= 0.3 is 0 Å². The lowest BCUT2D eigenvalue weighted by molar-refractivity contribution is -0.117. The number of allylic oxidation sites excluding steroid dienone is 1. The Kier molecular flexibility index (Phi) is 5.39. The Morgan fingerprint density at radius 2 is 1.83 bits per heavy atom. The molecule has 1 rings (SSSR count). The topological polar surface area (TPSA) is 54.4 Å². The van der Waals surface area contributed by atoms with Gasteiger partial charge in [0.05, 0.1) is 0 Å². The molecule has 0 amide bonds. The predicted molar refractivity (Wildman–Crippen MR) is 74.3 cm³/mol. The molecule has 18 heavy (non-hydrogen) atoms. The maximum Gasteiger partial charge on any atom is 0.226 e. The molecule has 0 spiro atoms. The van der Waals surface area contributed by atoms with Gasteiger partial charge < -0.3 is 5.11 Å². The third kappa shape index (κ3) is 3.89. The van der Waals surface area contributed by atoms with Crippen molar-refractivity contribution in [3.63, 3.8) is 0 Å². The second kappa shape index (κ2) is 6.81. The van der Waals surface area contributed by atoms with E-state index in [1.165, 1.54) is 13.0 Å². The van der Waals surface area contributed by atoms with Crippen LogP contribution in [0.5, 0.6) is 0 Å². The minimum absolute atomic E-state index is 0.172. The number of aliphatic hydroxyl groups is 1. The lowest BCUT2D eigenvalue weighted by atomic mass is 10.1. The van der Waals surface area contributed by atoms with E-state index >= 15 is 0 Å².